The molecule has 1 aliphatic rings. The highest BCUT2D eigenvalue weighted by Crippen LogP contribution is 2.32. The number of carbonyl (C=O) groups is 1. The van der Waals surface area contributed by atoms with Gasteiger partial charge >= 0.3 is 0 Å². The van der Waals surface area contributed by atoms with Gasteiger partial charge in [-0.3, -0.25) is 4.79 Å². The van der Waals surface area contributed by atoms with Gasteiger partial charge in [0.05, 0.1) is 10.6 Å². The minimum Gasteiger partial charge on any atom is -0.319 e. The number of thioether (sulfide) groups is 1. The van der Waals surface area contributed by atoms with Gasteiger partial charge in [-0.05, 0) is 45.8 Å². The fourth-order valence-electron chi connectivity index (χ4n) is 1.95. The van der Waals surface area contributed by atoms with Crippen molar-refractivity contribution < 1.29 is 4.79 Å². The molecular weight excluding hydrogens is 380 g/mol. The second kappa shape index (κ2) is 6.05. The molecule has 3 nitrogen and oxygen atoms in total. The van der Waals surface area contributed by atoms with Crippen LogP contribution in [0.2, 0.25) is 5.15 Å². The van der Waals surface area contributed by atoms with Gasteiger partial charge in [0.25, 0.3) is 5.91 Å². The molecule has 20 heavy (non-hydrogen) atoms. The Morgan fingerprint density at radius 1 is 1.45 bits per heavy atom. The molecule has 3 heterocycles. The fraction of sp³-hybridized carbons (Fsp3) is 0.231. The van der Waals surface area contributed by atoms with Crippen molar-refractivity contribution in [3.8, 4) is 0 Å². The Labute approximate surface area is 138 Å². The predicted octanol–water partition coefficient (Wildman–Crippen LogP) is 4.60. The van der Waals surface area contributed by atoms with E-state index in [-0.39, 0.29) is 5.91 Å². The highest BCUT2D eigenvalue weighted by molar-refractivity contribution is 9.10. The topological polar surface area (TPSA) is 42.0 Å². The molecule has 0 saturated heterocycles. The van der Waals surface area contributed by atoms with Crippen LogP contribution in [0.1, 0.15) is 20.1 Å². The molecule has 104 valence electrons. The minimum absolute atomic E-state index is 0.129. The zero-order valence-corrected chi connectivity index (χ0v) is 14.3. The zero-order chi connectivity index (χ0) is 14.1. The van der Waals surface area contributed by atoms with Crippen molar-refractivity contribution >= 4 is 62.2 Å². The first-order valence-electron chi connectivity index (χ1n) is 5.95. The van der Waals surface area contributed by atoms with Crippen molar-refractivity contribution in [1.29, 1.82) is 0 Å². The number of rotatable bonds is 2. The van der Waals surface area contributed by atoms with E-state index in [1.54, 1.807) is 23.6 Å². The molecule has 0 radical (unpaired) electrons. The molecule has 0 aliphatic carbocycles. The monoisotopic (exact) mass is 388 g/mol. The first-order valence-corrected chi connectivity index (χ1v) is 9.09. The summed E-state index contributed by atoms with van der Waals surface area (Å²) in [5.41, 5.74) is 1.81. The number of nitrogens with zero attached hydrogens (tertiary/aromatic N) is 1. The number of halogens is 2. The first-order chi connectivity index (χ1) is 9.63. The van der Waals surface area contributed by atoms with Crippen molar-refractivity contribution in [2.45, 2.75) is 12.2 Å². The third-order valence-corrected chi connectivity index (χ3v) is 5.88. The lowest BCUT2D eigenvalue weighted by Crippen LogP contribution is -2.10. The van der Waals surface area contributed by atoms with E-state index >= 15 is 0 Å². The minimum atomic E-state index is -0.129. The molecule has 0 unspecified atom stereocenters. The molecular formula is C13H10BrClN2OS2. The van der Waals surface area contributed by atoms with Gasteiger partial charge in [0.2, 0.25) is 0 Å². The summed E-state index contributed by atoms with van der Waals surface area (Å²) >= 11 is 12.8. The zero-order valence-electron chi connectivity index (χ0n) is 10.3. The maximum atomic E-state index is 12.3. The summed E-state index contributed by atoms with van der Waals surface area (Å²) in [6.45, 7) is 0. The van der Waals surface area contributed by atoms with Crippen LogP contribution in [0, 0.1) is 0 Å². The molecule has 0 aromatic carbocycles. The summed E-state index contributed by atoms with van der Waals surface area (Å²) in [6, 6.07) is 3.73. The molecule has 0 bridgehead atoms. The second-order valence-corrected chi connectivity index (χ2v) is 7.82. The van der Waals surface area contributed by atoms with Gasteiger partial charge in [0, 0.05) is 21.3 Å². The van der Waals surface area contributed by atoms with Gasteiger partial charge in [-0.2, -0.15) is 11.8 Å². The lowest BCUT2D eigenvalue weighted by molar-refractivity contribution is 0.103. The van der Waals surface area contributed by atoms with E-state index in [4.69, 9.17) is 11.6 Å². The Morgan fingerprint density at radius 2 is 2.30 bits per heavy atom. The smallest absolute Gasteiger partial charge is 0.265 e. The second-order valence-electron chi connectivity index (χ2n) is 4.31. The van der Waals surface area contributed by atoms with Gasteiger partial charge in [0.15, 0.2) is 5.15 Å². The number of anilines is 1. The van der Waals surface area contributed by atoms with Gasteiger partial charge in [-0.15, -0.1) is 11.3 Å². The average molecular weight is 390 g/mol. The van der Waals surface area contributed by atoms with Crippen molar-refractivity contribution in [2.24, 2.45) is 0 Å². The van der Waals surface area contributed by atoms with E-state index in [9.17, 15) is 4.79 Å². The number of aryl methyl sites for hydroxylation is 1. The molecule has 0 atom stereocenters. The number of aromatic nitrogens is 1. The number of hydrogen-bond donors (Lipinski definition) is 1. The van der Waals surface area contributed by atoms with Crippen LogP contribution in [-0.2, 0) is 12.2 Å². The summed E-state index contributed by atoms with van der Waals surface area (Å²) in [5, 5.41) is 3.11. The lowest BCUT2D eigenvalue weighted by atomic mass is 10.2. The number of thiophene rings is 1. The van der Waals surface area contributed by atoms with E-state index in [2.05, 4.69) is 26.2 Å². The number of amides is 1. The molecule has 1 aliphatic heterocycles. The maximum Gasteiger partial charge on any atom is 0.265 e. The van der Waals surface area contributed by atoms with Gasteiger partial charge < -0.3 is 5.32 Å². The highest BCUT2D eigenvalue weighted by atomic mass is 79.9. The first kappa shape index (κ1) is 14.4. The average Bonchev–Trinajstić information content (AvgIpc) is 2.87. The highest BCUT2D eigenvalue weighted by Gasteiger charge is 2.18. The fourth-order valence-corrected chi connectivity index (χ4v) is 4.70. The molecule has 2 aromatic heterocycles. The normalized spacial score (nSPS) is 13.9. The molecule has 0 saturated carbocycles. The van der Waals surface area contributed by atoms with Crippen LogP contribution < -0.4 is 5.32 Å². The van der Waals surface area contributed by atoms with E-state index in [0.29, 0.717) is 10.8 Å². The number of hydrogen-bond acceptors (Lipinski definition) is 4. The van der Waals surface area contributed by atoms with Crippen LogP contribution in [0.4, 0.5) is 5.69 Å². The molecule has 7 heteroatoms. The summed E-state index contributed by atoms with van der Waals surface area (Å²) in [5.74, 6) is 2.00. The van der Waals surface area contributed by atoms with Crippen LogP contribution in [0.15, 0.2) is 22.8 Å². The number of carbonyl (C=O) groups excluding carboxylic acids is 1. The maximum absolute atomic E-state index is 12.3. The summed E-state index contributed by atoms with van der Waals surface area (Å²) in [4.78, 5) is 18.3. The Kier molecular flexibility index (Phi) is 4.35. The van der Waals surface area contributed by atoms with Crippen molar-refractivity contribution in [3.05, 3.63) is 43.3 Å². The summed E-state index contributed by atoms with van der Waals surface area (Å²) in [6.07, 6.45) is 2.65. The van der Waals surface area contributed by atoms with Crippen molar-refractivity contribution in [2.75, 3.05) is 11.1 Å². The van der Waals surface area contributed by atoms with Crippen molar-refractivity contribution in [1.82, 2.24) is 4.98 Å². The van der Waals surface area contributed by atoms with Crippen LogP contribution >= 0.6 is 50.6 Å². The standard InChI is InChI=1S/C13H10BrClN2OS2/c14-8-4-9(12(15)16-5-8)17-13(18)11-3-7-6-19-2-1-10(7)20-11/h3-5H,1-2,6H2,(H,17,18). The Bertz CT molecular complexity index is 651. The van der Waals surface area contributed by atoms with Gasteiger partial charge in [0.1, 0.15) is 0 Å². The molecule has 1 amide bonds. The van der Waals surface area contributed by atoms with Gasteiger partial charge in [-0.1, -0.05) is 11.6 Å². The van der Waals surface area contributed by atoms with Crippen LogP contribution in [0.25, 0.3) is 0 Å². The Hall–Kier alpha value is -0.560. The van der Waals surface area contributed by atoms with E-state index in [1.807, 2.05) is 17.8 Å². The molecule has 0 fully saturated rings. The molecule has 3 rings (SSSR count). The summed E-state index contributed by atoms with van der Waals surface area (Å²) < 4.78 is 0.777. The Balaban J connectivity index is 1.82. The van der Waals surface area contributed by atoms with Crippen molar-refractivity contribution in [3.63, 3.8) is 0 Å². The molecule has 1 N–H and O–H groups in total. The summed E-state index contributed by atoms with van der Waals surface area (Å²) in [7, 11) is 0. The number of pyridine rings is 1. The number of fused-ring (bicyclic) bond motifs is 1. The third-order valence-electron chi connectivity index (χ3n) is 2.91. The van der Waals surface area contributed by atoms with Crippen LogP contribution in [-0.4, -0.2) is 16.6 Å². The number of nitrogens with one attached hydrogen (secondary N) is 1. The van der Waals surface area contributed by atoms with Crippen LogP contribution in [0.3, 0.4) is 0 Å². The van der Waals surface area contributed by atoms with E-state index < -0.39 is 0 Å². The van der Waals surface area contributed by atoms with E-state index in [0.717, 1.165) is 27.3 Å². The Morgan fingerprint density at radius 3 is 3.10 bits per heavy atom. The quantitative estimate of drug-likeness (QED) is 0.763. The molecule has 2 aromatic rings. The molecule has 0 spiro atoms. The lowest BCUT2D eigenvalue weighted by Gasteiger charge is -2.08. The van der Waals surface area contributed by atoms with E-state index in [1.165, 1.54) is 10.4 Å². The van der Waals surface area contributed by atoms with Crippen LogP contribution in [0.5, 0.6) is 0 Å². The largest absolute Gasteiger partial charge is 0.319 e. The predicted molar refractivity (Wildman–Crippen MR) is 89.1 cm³/mol. The van der Waals surface area contributed by atoms with Gasteiger partial charge in [-0.25, -0.2) is 4.98 Å². The third kappa shape index (κ3) is 3.03. The SMILES string of the molecule is O=C(Nc1cc(Br)cnc1Cl)c1cc2c(s1)CCSC2.